The molecular formula is C25H31N4O5S-. The molecule has 2 aromatic rings. The van der Waals surface area contributed by atoms with Gasteiger partial charge in [0, 0.05) is 24.5 Å². The van der Waals surface area contributed by atoms with Gasteiger partial charge in [-0.15, -0.1) is 4.40 Å². The maximum absolute atomic E-state index is 13.7. The zero-order valence-corrected chi connectivity index (χ0v) is 20.7. The summed E-state index contributed by atoms with van der Waals surface area (Å²) in [6, 6.07) is 1.02. The fraction of sp³-hybridized carbons (Fsp3) is 0.600. The van der Waals surface area contributed by atoms with Crippen molar-refractivity contribution in [3.63, 3.8) is 0 Å². The van der Waals surface area contributed by atoms with Crippen LogP contribution in [-0.2, 0) is 53.5 Å². The third-order valence-electron chi connectivity index (χ3n) is 7.81. The second-order valence-corrected chi connectivity index (χ2v) is 11.5. The number of nitrogens with zero attached hydrogens (tertiary/aromatic N) is 3. The lowest BCUT2D eigenvalue weighted by molar-refractivity contribution is -0.213. The van der Waals surface area contributed by atoms with E-state index < -0.39 is 22.3 Å². The molecule has 2 heterocycles. The van der Waals surface area contributed by atoms with Crippen LogP contribution < -0.4 is 14.7 Å². The van der Waals surface area contributed by atoms with Crippen molar-refractivity contribution in [2.75, 3.05) is 22.8 Å². The highest BCUT2D eigenvalue weighted by atomic mass is 32.2. The zero-order chi connectivity index (χ0) is 24.0. The first-order valence-electron chi connectivity index (χ1n) is 12.8. The zero-order valence-electron chi connectivity index (χ0n) is 19.8. The summed E-state index contributed by atoms with van der Waals surface area (Å²) in [5.41, 5.74) is 7.21. The fourth-order valence-corrected chi connectivity index (χ4v) is 7.46. The Morgan fingerprint density at radius 2 is 1.63 bits per heavy atom. The molecule has 3 aliphatic carbocycles. The van der Waals surface area contributed by atoms with E-state index in [0.717, 1.165) is 85.9 Å². The Labute approximate surface area is 205 Å². The van der Waals surface area contributed by atoms with Crippen LogP contribution in [0.4, 0.5) is 11.6 Å². The van der Waals surface area contributed by atoms with Gasteiger partial charge in [-0.1, -0.05) is 11.2 Å². The Hall–Kier alpha value is -2.59. The van der Waals surface area contributed by atoms with Gasteiger partial charge < -0.3 is 19.7 Å². The van der Waals surface area contributed by atoms with Crippen LogP contribution in [0.5, 0.6) is 0 Å². The quantitative estimate of drug-likeness (QED) is 0.496. The maximum Gasteiger partial charge on any atom is 0.348 e. The average Bonchev–Trinajstić information content (AvgIpc) is 3.59. The summed E-state index contributed by atoms with van der Waals surface area (Å²) in [4.78, 5) is 0. The van der Waals surface area contributed by atoms with Crippen LogP contribution >= 0.6 is 0 Å². The Morgan fingerprint density at radius 3 is 2.34 bits per heavy atom. The number of benzene rings is 1. The lowest BCUT2D eigenvalue weighted by Crippen LogP contribution is -2.44. The summed E-state index contributed by atoms with van der Waals surface area (Å²) >= 11 is 0. The number of hydrogen-bond donors (Lipinski definition) is 1. The van der Waals surface area contributed by atoms with Gasteiger partial charge in [0.1, 0.15) is 0 Å². The molecule has 1 N–H and O–H groups in total. The maximum atomic E-state index is 13.7. The van der Waals surface area contributed by atoms with Crippen LogP contribution in [0.2, 0.25) is 0 Å². The van der Waals surface area contributed by atoms with Crippen LogP contribution in [0.3, 0.4) is 0 Å². The van der Waals surface area contributed by atoms with Crippen molar-refractivity contribution in [2.45, 2.75) is 83.1 Å². The Morgan fingerprint density at radius 1 is 0.971 bits per heavy atom. The number of anilines is 2. The van der Waals surface area contributed by atoms with E-state index in [4.69, 9.17) is 9.26 Å². The lowest BCUT2D eigenvalue weighted by Gasteiger charge is -2.32. The summed E-state index contributed by atoms with van der Waals surface area (Å²) in [7, 11) is -4.37. The molecule has 1 aromatic heterocycles. The van der Waals surface area contributed by atoms with Crippen LogP contribution in [0.25, 0.3) is 0 Å². The van der Waals surface area contributed by atoms with Gasteiger partial charge in [-0.3, -0.25) is 0 Å². The van der Waals surface area contributed by atoms with Crippen molar-refractivity contribution >= 4 is 27.8 Å². The largest absolute Gasteiger partial charge is 0.845 e. The van der Waals surface area contributed by atoms with Gasteiger partial charge in [0.2, 0.25) is 5.88 Å². The Bertz CT molecular complexity index is 1230. The first-order chi connectivity index (χ1) is 17.0. The number of ether oxygens (including phenoxy) is 1. The van der Waals surface area contributed by atoms with E-state index in [-0.39, 0.29) is 5.88 Å². The highest BCUT2D eigenvalue weighted by molar-refractivity contribution is 7.91. The summed E-state index contributed by atoms with van der Waals surface area (Å²) < 4.78 is 43.3. The molecule has 0 radical (unpaired) electrons. The molecule has 0 spiro atoms. The predicted octanol–water partition coefficient (Wildman–Crippen LogP) is 2.59. The third kappa shape index (κ3) is 4.20. The van der Waals surface area contributed by atoms with Crippen LogP contribution in [0, 0.1) is 0 Å². The van der Waals surface area contributed by atoms with Gasteiger partial charge in [-0.2, -0.15) is 8.42 Å². The highest BCUT2D eigenvalue weighted by Crippen LogP contribution is 2.39. The minimum Gasteiger partial charge on any atom is -0.845 e. The number of amidine groups is 1. The van der Waals surface area contributed by atoms with Gasteiger partial charge in [0.05, 0.1) is 17.8 Å². The van der Waals surface area contributed by atoms with Crippen molar-refractivity contribution in [3.05, 3.63) is 39.6 Å². The van der Waals surface area contributed by atoms with E-state index in [1.807, 2.05) is 0 Å². The Kier molecular flexibility index (Phi) is 5.96. The molecule has 10 heteroatoms. The van der Waals surface area contributed by atoms with E-state index in [9.17, 15) is 13.5 Å². The molecule has 6 rings (SSSR count). The summed E-state index contributed by atoms with van der Waals surface area (Å²) in [5, 5.41) is 20.2. The molecule has 0 amide bonds. The summed E-state index contributed by atoms with van der Waals surface area (Å²) in [6.45, 7) is 0.892. The van der Waals surface area contributed by atoms with Gasteiger partial charge in [0.15, 0.2) is 0 Å². The number of aromatic nitrogens is 1. The van der Waals surface area contributed by atoms with Gasteiger partial charge >= 0.3 is 10.2 Å². The second-order valence-electron chi connectivity index (χ2n) is 9.99. The number of fused-ring (bicyclic) bond motifs is 3. The van der Waals surface area contributed by atoms with Crippen LogP contribution in [0.1, 0.15) is 72.0 Å². The van der Waals surface area contributed by atoms with Crippen molar-refractivity contribution < 1.29 is 22.8 Å². The minimum atomic E-state index is -4.37. The molecular weight excluding hydrogens is 468 g/mol. The first kappa shape index (κ1) is 22.8. The van der Waals surface area contributed by atoms with Gasteiger partial charge in [-0.05, 0) is 99.3 Å². The molecule has 1 aromatic carbocycles. The van der Waals surface area contributed by atoms with Gasteiger partial charge in [0.25, 0.3) is 0 Å². The number of aryl methyl sites for hydroxylation is 3. The SMILES string of the molecule is O=S(=O)(/N=C(\[O-])Nc1c2c(cc3c1CCC3)CCC2)N(c1onc2c1CCCC2)C1CCOCC1. The molecule has 1 saturated heterocycles. The Balaban J connectivity index is 1.36. The topological polar surface area (TPSA) is 120 Å². The predicted molar refractivity (Wildman–Crippen MR) is 130 cm³/mol. The van der Waals surface area contributed by atoms with Crippen LogP contribution in [0.15, 0.2) is 15.0 Å². The average molecular weight is 500 g/mol. The molecule has 1 aliphatic heterocycles. The number of nitrogens with one attached hydrogen (secondary N) is 1. The molecule has 188 valence electrons. The smallest absolute Gasteiger partial charge is 0.348 e. The fourth-order valence-electron chi connectivity index (χ4n) is 6.17. The second kappa shape index (κ2) is 9.13. The van der Waals surface area contributed by atoms with E-state index in [1.165, 1.54) is 15.4 Å². The summed E-state index contributed by atoms with van der Waals surface area (Å²) in [5.74, 6) is 0.213. The molecule has 0 saturated carbocycles. The number of hydrogen-bond acceptors (Lipinski definition) is 6. The first-order valence-corrected chi connectivity index (χ1v) is 14.2. The highest BCUT2D eigenvalue weighted by Gasteiger charge is 2.37. The molecule has 35 heavy (non-hydrogen) atoms. The monoisotopic (exact) mass is 499 g/mol. The molecule has 0 atom stereocenters. The van der Waals surface area contributed by atoms with E-state index in [1.54, 1.807) is 0 Å². The minimum absolute atomic E-state index is 0.213. The summed E-state index contributed by atoms with van der Waals surface area (Å²) in [6.07, 6.45) is 10.3. The molecule has 1 fully saturated rings. The lowest BCUT2D eigenvalue weighted by atomic mass is 9.97. The van der Waals surface area contributed by atoms with E-state index in [2.05, 4.69) is 20.9 Å². The molecule has 0 unspecified atom stereocenters. The van der Waals surface area contributed by atoms with Crippen molar-refractivity contribution in [1.29, 1.82) is 0 Å². The molecule has 0 bridgehead atoms. The van der Waals surface area contributed by atoms with Crippen molar-refractivity contribution in [2.24, 2.45) is 4.40 Å². The normalized spacial score (nSPS) is 20.4. The van der Waals surface area contributed by atoms with E-state index >= 15 is 0 Å². The van der Waals surface area contributed by atoms with Gasteiger partial charge in [-0.25, -0.2) is 4.31 Å². The molecule has 4 aliphatic rings. The third-order valence-corrected chi connectivity index (χ3v) is 9.17. The van der Waals surface area contributed by atoms with E-state index in [0.29, 0.717) is 32.5 Å². The standard InChI is InChI=1S/C25H32N4O5S/c30-25(26-23-19-8-3-5-16(19)15-17-6-4-9-20(17)23)28-35(31,32)29(18-11-13-33-14-12-18)24-21-7-1-2-10-22(21)27-34-24/h15,18H,1-14H2,(H2,26,28,30)/p-1. The van der Waals surface area contributed by atoms with Crippen LogP contribution in [-0.4, -0.2) is 38.9 Å². The van der Waals surface area contributed by atoms with Crippen molar-refractivity contribution in [1.82, 2.24) is 5.16 Å². The number of rotatable bonds is 5. The van der Waals surface area contributed by atoms with Crippen molar-refractivity contribution in [3.8, 4) is 0 Å². The molecule has 9 nitrogen and oxygen atoms in total.